The van der Waals surface area contributed by atoms with E-state index in [0.717, 1.165) is 38.6 Å². The van der Waals surface area contributed by atoms with E-state index in [1.807, 2.05) is 19.9 Å². The van der Waals surface area contributed by atoms with E-state index in [4.69, 9.17) is 9.47 Å². The molecule has 2 N–H and O–H groups in total. The Morgan fingerprint density at radius 1 is 1.13 bits per heavy atom. The molecule has 5 nitrogen and oxygen atoms in total. The number of ether oxygens (including phenoxy) is 2. The van der Waals surface area contributed by atoms with Crippen LogP contribution in [0.1, 0.15) is 25.8 Å². The van der Waals surface area contributed by atoms with Crippen LogP contribution >= 0.6 is 0 Å². The molecule has 0 bridgehead atoms. The van der Waals surface area contributed by atoms with Gasteiger partial charge in [0, 0.05) is 33.9 Å². The first-order chi connectivity index (χ1) is 11.1. The van der Waals surface area contributed by atoms with Crippen LogP contribution in [0.15, 0.2) is 35.3 Å². The number of methoxy groups -OCH3 is 1. The topological polar surface area (TPSA) is 54.9 Å². The average molecular weight is 321 g/mol. The van der Waals surface area contributed by atoms with Gasteiger partial charge in [0.1, 0.15) is 0 Å². The Kier molecular flexibility index (Phi) is 9.33. The average Bonchev–Trinajstić information content (AvgIpc) is 2.57. The monoisotopic (exact) mass is 321 g/mol. The Balaban J connectivity index is 2.04. The summed E-state index contributed by atoms with van der Waals surface area (Å²) in [5.74, 6) is 0.791. The van der Waals surface area contributed by atoms with Gasteiger partial charge in [0.15, 0.2) is 5.96 Å². The van der Waals surface area contributed by atoms with Crippen molar-refractivity contribution in [3.63, 3.8) is 0 Å². The maximum atomic E-state index is 5.66. The van der Waals surface area contributed by atoms with Crippen LogP contribution in [0.25, 0.3) is 0 Å². The summed E-state index contributed by atoms with van der Waals surface area (Å²) in [6.07, 6.45) is 1.91. The van der Waals surface area contributed by atoms with Gasteiger partial charge in [0.2, 0.25) is 0 Å². The van der Waals surface area contributed by atoms with Gasteiger partial charge >= 0.3 is 0 Å². The fraction of sp³-hybridized carbons (Fsp3) is 0.611. The lowest BCUT2D eigenvalue weighted by Gasteiger charge is -2.24. The van der Waals surface area contributed by atoms with Crippen molar-refractivity contribution in [1.29, 1.82) is 0 Å². The van der Waals surface area contributed by atoms with Gasteiger partial charge in [-0.25, -0.2) is 0 Å². The van der Waals surface area contributed by atoms with Crippen molar-refractivity contribution in [2.24, 2.45) is 4.99 Å². The first kappa shape index (κ1) is 19.5. The van der Waals surface area contributed by atoms with Crippen molar-refractivity contribution in [1.82, 2.24) is 10.6 Å². The first-order valence-corrected chi connectivity index (χ1v) is 8.19. The lowest BCUT2D eigenvalue weighted by molar-refractivity contribution is 0.0268. The molecule has 0 atom stereocenters. The fourth-order valence-corrected chi connectivity index (χ4v) is 1.91. The third kappa shape index (κ3) is 9.21. The third-order valence-corrected chi connectivity index (χ3v) is 3.59. The van der Waals surface area contributed by atoms with Gasteiger partial charge in [-0.2, -0.15) is 0 Å². The lowest BCUT2D eigenvalue weighted by atomic mass is 10.1. The summed E-state index contributed by atoms with van der Waals surface area (Å²) in [5, 5.41) is 6.54. The minimum Gasteiger partial charge on any atom is -0.381 e. The van der Waals surface area contributed by atoms with Gasteiger partial charge < -0.3 is 20.1 Å². The summed E-state index contributed by atoms with van der Waals surface area (Å²) in [6.45, 7) is 7.12. The second-order valence-corrected chi connectivity index (χ2v) is 6.02. The predicted octanol–water partition coefficient (Wildman–Crippen LogP) is 2.23. The highest BCUT2D eigenvalue weighted by Gasteiger charge is 2.16. The zero-order valence-electron chi connectivity index (χ0n) is 14.9. The fourth-order valence-electron chi connectivity index (χ4n) is 1.91. The summed E-state index contributed by atoms with van der Waals surface area (Å²) >= 11 is 0. The SMILES string of the molecule is CN=C(NCCCOCCc1ccccc1)NCC(C)(C)OC. The Morgan fingerprint density at radius 2 is 1.87 bits per heavy atom. The van der Waals surface area contributed by atoms with Crippen LogP contribution in [0.4, 0.5) is 0 Å². The molecule has 0 aliphatic carbocycles. The minimum absolute atomic E-state index is 0.210. The van der Waals surface area contributed by atoms with Crippen LogP contribution < -0.4 is 10.6 Å². The maximum Gasteiger partial charge on any atom is 0.191 e. The Hall–Kier alpha value is -1.59. The normalized spacial score (nSPS) is 12.3. The van der Waals surface area contributed by atoms with E-state index in [0.29, 0.717) is 6.54 Å². The predicted molar refractivity (Wildman–Crippen MR) is 96.0 cm³/mol. The molecule has 0 spiro atoms. The Labute approximate surface area is 140 Å². The highest BCUT2D eigenvalue weighted by molar-refractivity contribution is 5.79. The molecule has 0 radical (unpaired) electrons. The molecular weight excluding hydrogens is 290 g/mol. The molecule has 0 aliphatic heterocycles. The van der Waals surface area contributed by atoms with Gasteiger partial charge in [0.05, 0.1) is 12.2 Å². The lowest BCUT2D eigenvalue weighted by Crippen LogP contribution is -2.45. The number of aliphatic imine (C=N–C) groups is 1. The molecule has 0 fully saturated rings. The van der Waals surface area contributed by atoms with Crippen molar-refractivity contribution in [2.75, 3.05) is 40.5 Å². The maximum absolute atomic E-state index is 5.66. The summed E-state index contributed by atoms with van der Waals surface area (Å²) in [4.78, 5) is 4.20. The number of benzene rings is 1. The zero-order valence-corrected chi connectivity index (χ0v) is 14.9. The summed E-state index contributed by atoms with van der Waals surface area (Å²) < 4.78 is 11.0. The van der Waals surface area contributed by atoms with E-state index in [9.17, 15) is 0 Å². The smallest absolute Gasteiger partial charge is 0.191 e. The minimum atomic E-state index is -0.210. The number of hydrogen-bond acceptors (Lipinski definition) is 3. The molecule has 0 aliphatic rings. The molecule has 0 amide bonds. The molecular formula is C18H31N3O2. The number of guanidine groups is 1. The van der Waals surface area contributed by atoms with Crippen LogP contribution in [0.2, 0.25) is 0 Å². The molecule has 1 rings (SSSR count). The summed E-state index contributed by atoms with van der Waals surface area (Å²) in [6, 6.07) is 10.4. The first-order valence-electron chi connectivity index (χ1n) is 8.19. The van der Waals surface area contributed by atoms with E-state index in [2.05, 4.69) is 39.9 Å². The van der Waals surface area contributed by atoms with Crippen molar-refractivity contribution in [2.45, 2.75) is 32.3 Å². The number of rotatable bonds is 10. The number of nitrogens with zero attached hydrogens (tertiary/aromatic N) is 1. The largest absolute Gasteiger partial charge is 0.381 e. The zero-order chi connectivity index (χ0) is 17.0. The quantitative estimate of drug-likeness (QED) is 0.394. The summed E-state index contributed by atoms with van der Waals surface area (Å²) in [7, 11) is 3.48. The molecule has 0 saturated carbocycles. The van der Waals surface area contributed by atoms with Crippen molar-refractivity contribution in [3.8, 4) is 0 Å². The molecule has 0 saturated heterocycles. The van der Waals surface area contributed by atoms with Gasteiger partial charge in [0.25, 0.3) is 0 Å². The van der Waals surface area contributed by atoms with Crippen molar-refractivity contribution in [3.05, 3.63) is 35.9 Å². The van der Waals surface area contributed by atoms with E-state index >= 15 is 0 Å². The molecule has 0 aromatic heterocycles. The second-order valence-electron chi connectivity index (χ2n) is 6.02. The van der Waals surface area contributed by atoms with Gasteiger partial charge in [-0.05, 0) is 32.3 Å². The van der Waals surface area contributed by atoms with Crippen LogP contribution in [0, 0.1) is 0 Å². The molecule has 1 aromatic rings. The number of nitrogens with one attached hydrogen (secondary N) is 2. The van der Waals surface area contributed by atoms with Crippen molar-refractivity contribution >= 4 is 5.96 Å². The van der Waals surface area contributed by atoms with Crippen LogP contribution in [0.5, 0.6) is 0 Å². The highest BCUT2D eigenvalue weighted by Crippen LogP contribution is 2.04. The van der Waals surface area contributed by atoms with E-state index < -0.39 is 0 Å². The molecule has 130 valence electrons. The van der Waals surface area contributed by atoms with Gasteiger partial charge in [-0.3, -0.25) is 4.99 Å². The standard InChI is InChI=1S/C18H31N3O2/c1-18(2,22-4)15-21-17(19-3)20-12-8-13-23-14-11-16-9-6-5-7-10-16/h5-7,9-10H,8,11-15H2,1-4H3,(H2,19,20,21). The molecule has 0 unspecified atom stereocenters. The third-order valence-electron chi connectivity index (χ3n) is 3.59. The molecule has 23 heavy (non-hydrogen) atoms. The van der Waals surface area contributed by atoms with E-state index in [1.165, 1.54) is 5.56 Å². The number of hydrogen-bond donors (Lipinski definition) is 2. The Bertz CT molecular complexity index is 447. The van der Waals surface area contributed by atoms with Crippen molar-refractivity contribution < 1.29 is 9.47 Å². The molecule has 0 heterocycles. The van der Waals surface area contributed by atoms with Crippen LogP contribution in [-0.4, -0.2) is 52.0 Å². The van der Waals surface area contributed by atoms with E-state index in [1.54, 1.807) is 14.2 Å². The Morgan fingerprint density at radius 3 is 2.52 bits per heavy atom. The summed E-state index contributed by atoms with van der Waals surface area (Å²) in [5.41, 5.74) is 1.11. The van der Waals surface area contributed by atoms with Gasteiger partial charge in [-0.1, -0.05) is 30.3 Å². The van der Waals surface area contributed by atoms with Crippen LogP contribution in [0.3, 0.4) is 0 Å². The molecule has 1 aromatic carbocycles. The molecule has 5 heteroatoms. The van der Waals surface area contributed by atoms with Crippen LogP contribution in [-0.2, 0) is 15.9 Å². The van der Waals surface area contributed by atoms with E-state index in [-0.39, 0.29) is 5.60 Å². The van der Waals surface area contributed by atoms with Gasteiger partial charge in [-0.15, -0.1) is 0 Å². The second kappa shape index (κ2) is 11.0. The highest BCUT2D eigenvalue weighted by atomic mass is 16.5.